The number of amides is 1. The molecule has 1 amide bonds. The molecule has 0 bridgehead atoms. The van der Waals surface area contributed by atoms with Crippen molar-refractivity contribution in [1.82, 2.24) is 19.9 Å². The summed E-state index contributed by atoms with van der Waals surface area (Å²) in [6.45, 7) is 0.490. The van der Waals surface area contributed by atoms with Gasteiger partial charge in [-0.25, -0.2) is 14.3 Å². The van der Waals surface area contributed by atoms with Crippen LogP contribution in [0.15, 0.2) is 73.1 Å². The highest BCUT2D eigenvalue weighted by Crippen LogP contribution is 2.30. The summed E-state index contributed by atoms with van der Waals surface area (Å²) in [5.74, 6) is -0.0504. The Labute approximate surface area is 209 Å². The first-order valence-electron chi connectivity index (χ1n) is 12.1. The standard InChI is InChI=1S/C28H28N4O4/c1-35-27(34)28(15-6-3-7-16-28)31-26(33)24-14-17-32-25(30-24)23(18-29-32)21-10-12-22(13-11-21)36-19-20-8-4-2-5-9-20/h2,4-5,8-14,17-18H,3,6-7,15-16,19H2,1H3,(H,31,33). The highest BCUT2D eigenvalue weighted by Gasteiger charge is 2.42. The molecule has 0 unspecified atom stereocenters. The van der Waals surface area contributed by atoms with E-state index in [1.807, 2.05) is 54.6 Å². The van der Waals surface area contributed by atoms with Gasteiger partial charge in [-0.2, -0.15) is 5.10 Å². The van der Waals surface area contributed by atoms with Gasteiger partial charge >= 0.3 is 5.97 Å². The van der Waals surface area contributed by atoms with Gasteiger partial charge in [0.25, 0.3) is 5.91 Å². The molecule has 8 heteroatoms. The summed E-state index contributed by atoms with van der Waals surface area (Å²) < 4.78 is 12.5. The topological polar surface area (TPSA) is 94.8 Å². The molecule has 1 saturated carbocycles. The number of esters is 1. The lowest BCUT2D eigenvalue weighted by molar-refractivity contribution is -0.149. The lowest BCUT2D eigenvalue weighted by atomic mass is 9.81. The average Bonchev–Trinajstić information content (AvgIpc) is 3.36. The Bertz CT molecular complexity index is 1360. The van der Waals surface area contributed by atoms with Gasteiger partial charge in [0, 0.05) is 11.8 Å². The van der Waals surface area contributed by atoms with Crippen molar-refractivity contribution < 1.29 is 19.1 Å². The van der Waals surface area contributed by atoms with Crippen LogP contribution in [0, 0.1) is 0 Å². The quantitative estimate of drug-likeness (QED) is 0.386. The van der Waals surface area contributed by atoms with Gasteiger partial charge in [0.15, 0.2) is 5.65 Å². The predicted molar refractivity (Wildman–Crippen MR) is 134 cm³/mol. The van der Waals surface area contributed by atoms with E-state index in [1.165, 1.54) is 7.11 Å². The van der Waals surface area contributed by atoms with E-state index in [0.717, 1.165) is 41.7 Å². The lowest BCUT2D eigenvalue weighted by Crippen LogP contribution is -2.56. The second kappa shape index (κ2) is 10.2. The Morgan fingerprint density at radius 3 is 2.47 bits per heavy atom. The number of fused-ring (bicyclic) bond motifs is 1. The Morgan fingerprint density at radius 2 is 1.75 bits per heavy atom. The van der Waals surface area contributed by atoms with E-state index >= 15 is 0 Å². The fourth-order valence-electron chi connectivity index (χ4n) is 4.68. The number of methoxy groups -OCH3 is 1. The molecular weight excluding hydrogens is 456 g/mol. The van der Waals surface area contributed by atoms with Crippen molar-refractivity contribution in [2.24, 2.45) is 0 Å². The third-order valence-electron chi connectivity index (χ3n) is 6.65. The molecule has 4 aromatic rings. The third kappa shape index (κ3) is 4.79. The Kier molecular flexibility index (Phi) is 6.66. The highest BCUT2D eigenvalue weighted by molar-refractivity contribution is 5.97. The predicted octanol–water partition coefficient (Wildman–Crippen LogP) is 4.58. The number of ether oxygens (including phenoxy) is 2. The summed E-state index contributed by atoms with van der Waals surface area (Å²) in [6.07, 6.45) is 7.30. The number of nitrogens with zero attached hydrogens (tertiary/aromatic N) is 3. The zero-order valence-corrected chi connectivity index (χ0v) is 20.1. The van der Waals surface area contributed by atoms with Crippen LogP contribution in [0.25, 0.3) is 16.8 Å². The number of benzene rings is 2. The molecule has 1 N–H and O–H groups in total. The van der Waals surface area contributed by atoms with Crippen LogP contribution in [-0.4, -0.2) is 39.1 Å². The van der Waals surface area contributed by atoms with E-state index in [-0.39, 0.29) is 5.69 Å². The molecule has 0 spiro atoms. The molecule has 8 nitrogen and oxygen atoms in total. The fourth-order valence-corrected chi connectivity index (χ4v) is 4.68. The number of carbonyl (C=O) groups excluding carboxylic acids is 2. The molecule has 0 atom stereocenters. The van der Waals surface area contributed by atoms with Gasteiger partial charge in [-0.1, -0.05) is 61.7 Å². The number of aromatic nitrogens is 3. The zero-order chi connectivity index (χ0) is 25.0. The van der Waals surface area contributed by atoms with Gasteiger partial charge in [-0.05, 0) is 42.2 Å². The van der Waals surface area contributed by atoms with E-state index in [2.05, 4.69) is 15.4 Å². The molecule has 1 aliphatic rings. The minimum atomic E-state index is -1.00. The zero-order valence-electron chi connectivity index (χ0n) is 20.1. The molecule has 5 rings (SSSR count). The Morgan fingerprint density at radius 1 is 1.00 bits per heavy atom. The number of nitrogens with one attached hydrogen (secondary N) is 1. The van der Waals surface area contributed by atoms with Crippen LogP contribution in [0.5, 0.6) is 5.75 Å². The first-order chi connectivity index (χ1) is 17.6. The molecule has 36 heavy (non-hydrogen) atoms. The van der Waals surface area contributed by atoms with Crippen LogP contribution in [0.1, 0.15) is 48.2 Å². The van der Waals surface area contributed by atoms with Gasteiger partial charge < -0.3 is 14.8 Å². The van der Waals surface area contributed by atoms with Crippen LogP contribution in [0.2, 0.25) is 0 Å². The molecule has 0 radical (unpaired) electrons. The monoisotopic (exact) mass is 484 g/mol. The van der Waals surface area contributed by atoms with Gasteiger partial charge in [-0.3, -0.25) is 4.79 Å². The normalized spacial score (nSPS) is 14.8. The number of rotatable bonds is 7. The first kappa shape index (κ1) is 23.5. The molecule has 184 valence electrons. The van der Waals surface area contributed by atoms with Gasteiger partial charge in [0.05, 0.1) is 13.3 Å². The number of hydrogen-bond acceptors (Lipinski definition) is 6. The van der Waals surface area contributed by atoms with E-state index in [9.17, 15) is 9.59 Å². The average molecular weight is 485 g/mol. The molecule has 1 aliphatic carbocycles. The minimum absolute atomic E-state index is 0.223. The summed E-state index contributed by atoms with van der Waals surface area (Å²) in [5, 5.41) is 7.31. The van der Waals surface area contributed by atoms with Crippen molar-refractivity contribution in [3.8, 4) is 16.9 Å². The van der Waals surface area contributed by atoms with Crippen LogP contribution in [0.3, 0.4) is 0 Å². The first-order valence-corrected chi connectivity index (χ1v) is 12.1. The van der Waals surface area contributed by atoms with Gasteiger partial charge in [-0.15, -0.1) is 0 Å². The van der Waals surface area contributed by atoms with Gasteiger partial charge in [0.2, 0.25) is 0 Å². The molecule has 1 fully saturated rings. The summed E-state index contributed by atoms with van der Waals surface area (Å²) >= 11 is 0. The van der Waals surface area contributed by atoms with Crippen molar-refractivity contribution in [1.29, 1.82) is 0 Å². The summed E-state index contributed by atoms with van der Waals surface area (Å²) in [4.78, 5) is 30.3. The maximum atomic E-state index is 13.2. The maximum absolute atomic E-state index is 13.2. The molecule has 2 heterocycles. The van der Waals surface area contributed by atoms with Crippen LogP contribution in [0.4, 0.5) is 0 Å². The molecule has 0 aliphatic heterocycles. The second-order valence-electron chi connectivity index (χ2n) is 9.03. The third-order valence-corrected chi connectivity index (χ3v) is 6.65. The lowest BCUT2D eigenvalue weighted by Gasteiger charge is -2.35. The molecule has 2 aromatic heterocycles. The highest BCUT2D eigenvalue weighted by atomic mass is 16.5. The summed E-state index contributed by atoms with van der Waals surface area (Å²) in [7, 11) is 1.35. The number of hydrogen-bond donors (Lipinski definition) is 1. The molecule has 0 saturated heterocycles. The van der Waals surface area contributed by atoms with Gasteiger partial charge in [0.1, 0.15) is 23.6 Å². The van der Waals surface area contributed by atoms with E-state index < -0.39 is 17.4 Å². The van der Waals surface area contributed by atoms with Crippen molar-refractivity contribution in [2.45, 2.75) is 44.2 Å². The Hall–Kier alpha value is -4.20. The molecular formula is C28H28N4O4. The molecule has 2 aromatic carbocycles. The van der Waals surface area contributed by atoms with Crippen molar-refractivity contribution in [3.63, 3.8) is 0 Å². The SMILES string of the molecule is COC(=O)C1(NC(=O)c2ccn3ncc(-c4ccc(OCc5ccccc5)cc4)c3n2)CCCCC1. The van der Waals surface area contributed by atoms with Crippen molar-refractivity contribution in [3.05, 3.63) is 84.3 Å². The summed E-state index contributed by atoms with van der Waals surface area (Å²) in [5.41, 5.74) is 2.56. The largest absolute Gasteiger partial charge is 0.489 e. The van der Waals surface area contributed by atoms with Crippen molar-refractivity contribution >= 4 is 17.5 Å². The smallest absolute Gasteiger partial charge is 0.331 e. The van der Waals surface area contributed by atoms with E-state index in [0.29, 0.717) is 25.1 Å². The Balaban J connectivity index is 1.35. The van der Waals surface area contributed by atoms with Crippen LogP contribution in [-0.2, 0) is 16.1 Å². The van der Waals surface area contributed by atoms with E-state index in [1.54, 1.807) is 23.0 Å². The van der Waals surface area contributed by atoms with Crippen molar-refractivity contribution in [2.75, 3.05) is 7.11 Å². The minimum Gasteiger partial charge on any atom is -0.489 e. The fraction of sp³-hybridized carbons (Fsp3) is 0.286. The maximum Gasteiger partial charge on any atom is 0.331 e. The van der Waals surface area contributed by atoms with Crippen LogP contribution < -0.4 is 10.1 Å². The number of carbonyl (C=O) groups is 2. The second-order valence-corrected chi connectivity index (χ2v) is 9.03. The van der Waals surface area contributed by atoms with Crippen LogP contribution >= 0.6 is 0 Å². The summed E-state index contributed by atoms with van der Waals surface area (Å²) in [6, 6.07) is 19.3. The van der Waals surface area contributed by atoms with E-state index in [4.69, 9.17) is 9.47 Å².